The minimum Gasteiger partial charge on any atom is -0.493 e. The Morgan fingerprint density at radius 2 is 1.60 bits per heavy atom. The van der Waals surface area contributed by atoms with Crippen LogP contribution in [0.4, 0.5) is 0 Å². The molecule has 0 spiro atoms. The van der Waals surface area contributed by atoms with Crippen LogP contribution in [0.1, 0.15) is 37.0 Å². The maximum atomic E-state index is 12.5. The summed E-state index contributed by atoms with van der Waals surface area (Å²) in [7, 11) is 6.86. The van der Waals surface area contributed by atoms with Gasteiger partial charge in [0.05, 0.1) is 21.3 Å². The van der Waals surface area contributed by atoms with Crippen LogP contribution >= 0.6 is 0 Å². The summed E-state index contributed by atoms with van der Waals surface area (Å²) in [5.41, 5.74) is 3.28. The Kier molecular flexibility index (Phi) is 8.99. The summed E-state index contributed by atoms with van der Waals surface area (Å²) in [6.07, 6.45) is 0.910. The van der Waals surface area contributed by atoms with E-state index in [0.717, 1.165) is 17.7 Å². The molecule has 0 radical (unpaired) electrons. The number of ether oxygens (including phenoxy) is 3. The van der Waals surface area contributed by atoms with Crippen molar-refractivity contribution in [2.24, 2.45) is 0 Å². The van der Waals surface area contributed by atoms with Crippen molar-refractivity contribution in [2.45, 2.75) is 45.8 Å². The molecule has 0 saturated carbocycles. The summed E-state index contributed by atoms with van der Waals surface area (Å²) in [6.45, 7) is 5.72. The zero-order valence-electron chi connectivity index (χ0n) is 19.0. The SMILES string of the molecule is COc1ccc(CCC(=O)NCc2ccccc2CN(C)C(C)C)c(OC)c1OC. The lowest BCUT2D eigenvalue weighted by molar-refractivity contribution is -0.121. The first-order valence-electron chi connectivity index (χ1n) is 10.2. The lowest BCUT2D eigenvalue weighted by Crippen LogP contribution is -2.27. The van der Waals surface area contributed by atoms with E-state index in [-0.39, 0.29) is 5.91 Å². The lowest BCUT2D eigenvalue weighted by Gasteiger charge is -2.22. The predicted molar refractivity (Wildman–Crippen MR) is 119 cm³/mol. The van der Waals surface area contributed by atoms with Crippen LogP contribution in [0.3, 0.4) is 0 Å². The molecule has 1 N–H and O–H groups in total. The Bertz CT molecular complexity index is 836. The molecule has 0 atom stereocenters. The number of hydrogen-bond donors (Lipinski definition) is 1. The van der Waals surface area contributed by atoms with Crippen LogP contribution < -0.4 is 19.5 Å². The fourth-order valence-corrected chi connectivity index (χ4v) is 3.23. The van der Waals surface area contributed by atoms with E-state index in [4.69, 9.17) is 14.2 Å². The molecule has 0 aliphatic heterocycles. The molecule has 0 aliphatic carbocycles. The van der Waals surface area contributed by atoms with Gasteiger partial charge in [0.2, 0.25) is 11.7 Å². The van der Waals surface area contributed by atoms with Crippen LogP contribution in [0.25, 0.3) is 0 Å². The molecule has 2 rings (SSSR count). The average Bonchev–Trinajstić information content (AvgIpc) is 2.75. The fraction of sp³-hybridized carbons (Fsp3) is 0.458. The summed E-state index contributed by atoms with van der Waals surface area (Å²) < 4.78 is 16.2. The molecule has 0 heterocycles. The monoisotopic (exact) mass is 414 g/mol. The molecule has 164 valence electrons. The summed E-state index contributed by atoms with van der Waals surface area (Å²) in [5.74, 6) is 1.75. The van der Waals surface area contributed by atoms with E-state index in [0.29, 0.717) is 42.7 Å². The van der Waals surface area contributed by atoms with E-state index >= 15 is 0 Å². The number of nitrogens with zero attached hydrogens (tertiary/aromatic N) is 1. The number of carbonyl (C=O) groups is 1. The normalized spacial score (nSPS) is 10.9. The fourth-order valence-electron chi connectivity index (χ4n) is 3.23. The summed E-state index contributed by atoms with van der Waals surface area (Å²) >= 11 is 0. The zero-order valence-corrected chi connectivity index (χ0v) is 19.0. The standard InChI is InChI=1S/C24H34N2O4/c1-17(2)26(3)16-20-10-8-7-9-19(20)15-25-22(27)14-12-18-11-13-21(28-4)24(30-6)23(18)29-5/h7-11,13,17H,12,14-16H2,1-6H3,(H,25,27). The van der Waals surface area contributed by atoms with Gasteiger partial charge in [-0.25, -0.2) is 0 Å². The second-order valence-electron chi connectivity index (χ2n) is 7.55. The van der Waals surface area contributed by atoms with E-state index < -0.39 is 0 Å². The maximum Gasteiger partial charge on any atom is 0.220 e. The highest BCUT2D eigenvalue weighted by Gasteiger charge is 2.16. The summed E-state index contributed by atoms with van der Waals surface area (Å²) in [4.78, 5) is 14.8. The Morgan fingerprint density at radius 1 is 0.933 bits per heavy atom. The highest BCUT2D eigenvalue weighted by atomic mass is 16.5. The van der Waals surface area contributed by atoms with Crippen molar-refractivity contribution in [3.63, 3.8) is 0 Å². The van der Waals surface area contributed by atoms with Gasteiger partial charge in [-0.2, -0.15) is 0 Å². The third-order valence-corrected chi connectivity index (χ3v) is 5.30. The molecular formula is C24H34N2O4. The highest BCUT2D eigenvalue weighted by Crippen LogP contribution is 2.40. The van der Waals surface area contributed by atoms with E-state index in [1.165, 1.54) is 5.56 Å². The Labute approximate surface area is 180 Å². The molecule has 0 aliphatic rings. The first-order chi connectivity index (χ1) is 14.4. The molecule has 0 aromatic heterocycles. The van der Waals surface area contributed by atoms with Crippen molar-refractivity contribution in [2.75, 3.05) is 28.4 Å². The highest BCUT2D eigenvalue weighted by molar-refractivity contribution is 5.76. The minimum absolute atomic E-state index is 0.00106. The van der Waals surface area contributed by atoms with Gasteiger partial charge in [0.1, 0.15) is 0 Å². The van der Waals surface area contributed by atoms with Crippen LogP contribution in [-0.2, 0) is 24.3 Å². The van der Waals surface area contributed by atoms with Crippen LogP contribution in [0.5, 0.6) is 17.2 Å². The zero-order chi connectivity index (χ0) is 22.1. The van der Waals surface area contributed by atoms with Crippen molar-refractivity contribution in [1.82, 2.24) is 10.2 Å². The molecule has 2 aromatic carbocycles. The number of amides is 1. The molecule has 0 bridgehead atoms. The van der Waals surface area contributed by atoms with E-state index in [2.05, 4.69) is 43.2 Å². The van der Waals surface area contributed by atoms with Gasteiger partial charge in [-0.15, -0.1) is 0 Å². The van der Waals surface area contributed by atoms with Gasteiger partial charge in [0.25, 0.3) is 0 Å². The second-order valence-corrected chi connectivity index (χ2v) is 7.55. The van der Waals surface area contributed by atoms with Gasteiger partial charge >= 0.3 is 0 Å². The number of rotatable bonds is 11. The Balaban J connectivity index is 1.99. The van der Waals surface area contributed by atoms with Crippen molar-refractivity contribution in [3.05, 3.63) is 53.1 Å². The molecule has 6 nitrogen and oxygen atoms in total. The quantitative estimate of drug-likeness (QED) is 0.606. The molecule has 0 saturated heterocycles. The molecule has 1 amide bonds. The largest absolute Gasteiger partial charge is 0.493 e. The Hall–Kier alpha value is -2.73. The number of hydrogen-bond acceptors (Lipinski definition) is 5. The molecule has 6 heteroatoms. The van der Waals surface area contributed by atoms with Gasteiger partial charge in [-0.05, 0) is 50.1 Å². The number of aryl methyl sites for hydroxylation is 1. The predicted octanol–water partition coefficient (Wildman–Crippen LogP) is 3.80. The summed E-state index contributed by atoms with van der Waals surface area (Å²) in [6, 6.07) is 12.4. The molecule has 30 heavy (non-hydrogen) atoms. The van der Waals surface area contributed by atoms with Crippen molar-refractivity contribution >= 4 is 5.91 Å². The number of benzene rings is 2. The first kappa shape index (κ1) is 23.5. The van der Waals surface area contributed by atoms with Gasteiger partial charge in [-0.1, -0.05) is 30.3 Å². The van der Waals surface area contributed by atoms with E-state index in [1.54, 1.807) is 21.3 Å². The maximum absolute atomic E-state index is 12.5. The van der Waals surface area contributed by atoms with Gasteiger partial charge < -0.3 is 19.5 Å². The van der Waals surface area contributed by atoms with Gasteiger partial charge in [0, 0.05) is 25.6 Å². The lowest BCUT2D eigenvalue weighted by atomic mass is 10.1. The van der Waals surface area contributed by atoms with Gasteiger partial charge in [-0.3, -0.25) is 9.69 Å². The third kappa shape index (κ3) is 6.13. The van der Waals surface area contributed by atoms with Crippen LogP contribution in [0.15, 0.2) is 36.4 Å². The van der Waals surface area contributed by atoms with Crippen molar-refractivity contribution in [1.29, 1.82) is 0 Å². The van der Waals surface area contributed by atoms with Crippen LogP contribution in [0.2, 0.25) is 0 Å². The third-order valence-electron chi connectivity index (χ3n) is 5.30. The van der Waals surface area contributed by atoms with Crippen molar-refractivity contribution in [3.8, 4) is 17.2 Å². The summed E-state index contributed by atoms with van der Waals surface area (Å²) in [5, 5.41) is 3.05. The number of carbonyl (C=O) groups excluding carboxylic acids is 1. The second kappa shape index (κ2) is 11.5. The van der Waals surface area contributed by atoms with E-state index in [1.807, 2.05) is 24.3 Å². The molecule has 2 aromatic rings. The van der Waals surface area contributed by atoms with Crippen LogP contribution in [-0.4, -0.2) is 45.2 Å². The van der Waals surface area contributed by atoms with Crippen molar-refractivity contribution < 1.29 is 19.0 Å². The average molecular weight is 415 g/mol. The first-order valence-corrected chi connectivity index (χ1v) is 10.2. The number of nitrogens with one attached hydrogen (secondary N) is 1. The molecule has 0 unspecified atom stereocenters. The topological polar surface area (TPSA) is 60.0 Å². The molecular weight excluding hydrogens is 380 g/mol. The minimum atomic E-state index is -0.00106. The number of methoxy groups -OCH3 is 3. The van der Waals surface area contributed by atoms with E-state index in [9.17, 15) is 4.79 Å². The smallest absolute Gasteiger partial charge is 0.220 e. The van der Waals surface area contributed by atoms with Crippen LogP contribution in [0, 0.1) is 0 Å². The Morgan fingerprint density at radius 3 is 2.20 bits per heavy atom. The molecule has 0 fully saturated rings. The van der Waals surface area contributed by atoms with Gasteiger partial charge in [0.15, 0.2) is 11.5 Å².